The standard InChI is InChI=1S/C25H30N6O/c1-15(2)31-24-22(17(4)28-31)19(13-16(3)26-24)25(32)30-12-8-9-18(14-30)23-27-20-10-6-7-11-21(20)29(23)5/h6-7,10-11,13,15,18H,8-9,12,14H2,1-5H3. The zero-order valence-electron chi connectivity index (χ0n) is 19.5. The van der Waals surface area contributed by atoms with Gasteiger partial charge in [0.25, 0.3) is 5.91 Å². The second kappa shape index (κ2) is 7.73. The lowest BCUT2D eigenvalue weighted by Gasteiger charge is -2.32. The van der Waals surface area contributed by atoms with E-state index in [2.05, 4.69) is 42.7 Å². The highest BCUT2D eigenvalue weighted by Crippen LogP contribution is 2.31. The van der Waals surface area contributed by atoms with Gasteiger partial charge >= 0.3 is 0 Å². The first-order chi connectivity index (χ1) is 15.3. The lowest BCUT2D eigenvalue weighted by atomic mass is 9.96. The van der Waals surface area contributed by atoms with Crippen molar-refractivity contribution in [1.29, 1.82) is 0 Å². The van der Waals surface area contributed by atoms with Crippen molar-refractivity contribution in [3.05, 3.63) is 53.1 Å². The van der Waals surface area contributed by atoms with Crippen molar-refractivity contribution in [3.8, 4) is 0 Å². The van der Waals surface area contributed by atoms with Crippen molar-refractivity contribution in [2.45, 2.75) is 52.5 Å². The number of rotatable bonds is 3. The van der Waals surface area contributed by atoms with E-state index in [0.29, 0.717) is 12.1 Å². The zero-order chi connectivity index (χ0) is 22.6. The molecule has 166 valence electrons. The number of benzene rings is 1. The summed E-state index contributed by atoms with van der Waals surface area (Å²) in [7, 11) is 2.07. The minimum Gasteiger partial charge on any atom is -0.338 e. The number of fused-ring (bicyclic) bond motifs is 2. The number of para-hydroxylation sites is 2. The second-order valence-corrected chi connectivity index (χ2v) is 9.24. The molecule has 0 aliphatic carbocycles. The van der Waals surface area contributed by atoms with Crippen LogP contribution in [0.1, 0.15) is 66.2 Å². The van der Waals surface area contributed by atoms with E-state index in [1.165, 1.54) is 0 Å². The Morgan fingerprint density at radius 1 is 1.16 bits per heavy atom. The Morgan fingerprint density at radius 2 is 1.94 bits per heavy atom. The molecule has 4 heterocycles. The Kier molecular flexibility index (Phi) is 4.99. The molecule has 32 heavy (non-hydrogen) atoms. The number of hydrogen-bond donors (Lipinski definition) is 0. The average molecular weight is 431 g/mol. The molecule has 0 bridgehead atoms. The predicted octanol–water partition coefficient (Wildman–Crippen LogP) is 4.54. The molecule has 5 rings (SSSR count). The van der Waals surface area contributed by atoms with E-state index in [-0.39, 0.29) is 17.9 Å². The second-order valence-electron chi connectivity index (χ2n) is 9.24. The molecule has 7 nitrogen and oxygen atoms in total. The highest BCUT2D eigenvalue weighted by molar-refractivity contribution is 6.06. The molecule has 1 aliphatic heterocycles. The number of carbonyl (C=O) groups excluding carboxylic acids is 1. The number of pyridine rings is 1. The van der Waals surface area contributed by atoms with Gasteiger partial charge in [-0.15, -0.1) is 0 Å². The summed E-state index contributed by atoms with van der Waals surface area (Å²) in [6, 6.07) is 10.3. The van der Waals surface area contributed by atoms with Crippen molar-refractivity contribution < 1.29 is 4.79 Å². The van der Waals surface area contributed by atoms with Crippen molar-refractivity contribution in [3.63, 3.8) is 0 Å². The Bertz CT molecular complexity index is 1330. The van der Waals surface area contributed by atoms with Gasteiger partial charge in [0.05, 0.1) is 27.7 Å². The van der Waals surface area contributed by atoms with Gasteiger partial charge in [0.2, 0.25) is 0 Å². The third kappa shape index (κ3) is 3.27. The van der Waals surface area contributed by atoms with Crippen LogP contribution in [0, 0.1) is 13.8 Å². The van der Waals surface area contributed by atoms with E-state index in [0.717, 1.165) is 58.7 Å². The third-order valence-corrected chi connectivity index (χ3v) is 6.58. The van der Waals surface area contributed by atoms with Gasteiger partial charge in [0.1, 0.15) is 5.82 Å². The molecular formula is C25H30N6O. The van der Waals surface area contributed by atoms with E-state index >= 15 is 0 Å². The van der Waals surface area contributed by atoms with E-state index in [9.17, 15) is 4.79 Å². The quantitative estimate of drug-likeness (QED) is 0.479. The first-order valence-electron chi connectivity index (χ1n) is 11.4. The van der Waals surface area contributed by atoms with E-state index < -0.39 is 0 Å². The number of likely N-dealkylation sites (tertiary alicyclic amines) is 1. The molecule has 1 unspecified atom stereocenters. The largest absolute Gasteiger partial charge is 0.338 e. The number of hydrogen-bond acceptors (Lipinski definition) is 4. The Labute approximate surface area is 188 Å². The molecule has 0 radical (unpaired) electrons. The fraction of sp³-hybridized carbons (Fsp3) is 0.440. The average Bonchev–Trinajstić information content (AvgIpc) is 3.30. The monoisotopic (exact) mass is 430 g/mol. The number of aryl methyl sites for hydroxylation is 3. The summed E-state index contributed by atoms with van der Waals surface area (Å²) in [4.78, 5) is 25.4. The molecule has 1 fully saturated rings. The molecule has 4 aromatic rings. The Balaban J connectivity index is 1.51. The molecule has 0 N–H and O–H groups in total. The predicted molar refractivity (Wildman–Crippen MR) is 126 cm³/mol. The van der Waals surface area contributed by atoms with Gasteiger partial charge < -0.3 is 9.47 Å². The van der Waals surface area contributed by atoms with Crippen LogP contribution in [-0.2, 0) is 7.05 Å². The van der Waals surface area contributed by atoms with Gasteiger partial charge in [-0.25, -0.2) is 14.6 Å². The highest BCUT2D eigenvalue weighted by atomic mass is 16.2. The fourth-order valence-corrected chi connectivity index (χ4v) is 5.04. The van der Waals surface area contributed by atoms with Gasteiger partial charge in [0.15, 0.2) is 5.65 Å². The molecule has 3 aromatic heterocycles. The van der Waals surface area contributed by atoms with Crippen molar-refractivity contribution in [1.82, 2.24) is 29.2 Å². The zero-order valence-corrected chi connectivity index (χ0v) is 19.5. The minimum atomic E-state index is 0.0652. The van der Waals surface area contributed by atoms with E-state index in [1.54, 1.807) is 0 Å². The van der Waals surface area contributed by atoms with E-state index in [4.69, 9.17) is 9.97 Å². The van der Waals surface area contributed by atoms with Crippen LogP contribution in [0.25, 0.3) is 22.1 Å². The Hall–Kier alpha value is -3.22. The van der Waals surface area contributed by atoms with Crippen LogP contribution in [-0.4, -0.2) is 48.2 Å². The molecule has 1 atom stereocenters. The van der Waals surface area contributed by atoms with Gasteiger partial charge in [-0.2, -0.15) is 5.10 Å². The van der Waals surface area contributed by atoms with Gasteiger partial charge in [0, 0.05) is 37.8 Å². The van der Waals surface area contributed by atoms with Crippen LogP contribution in [0.2, 0.25) is 0 Å². The fourth-order valence-electron chi connectivity index (χ4n) is 5.04. The van der Waals surface area contributed by atoms with Crippen molar-refractivity contribution in [2.24, 2.45) is 7.05 Å². The normalized spacial score (nSPS) is 17.1. The molecule has 1 saturated heterocycles. The highest BCUT2D eigenvalue weighted by Gasteiger charge is 2.30. The van der Waals surface area contributed by atoms with Crippen LogP contribution < -0.4 is 0 Å². The molecule has 0 saturated carbocycles. The summed E-state index contributed by atoms with van der Waals surface area (Å²) in [5, 5.41) is 5.56. The summed E-state index contributed by atoms with van der Waals surface area (Å²) in [5.41, 5.74) is 5.35. The lowest BCUT2D eigenvalue weighted by molar-refractivity contribution is 0.0705. The van der Waals surface area contributed by atoms with Crippen LogP contribution in [0.4, 0.5) is 0 Å². The lowest BCUT2D eigenvalue weighted by Crippen LogP contribution is -2.39. The maximum Gasteiger partial charge on any atom is 0.254 e. The van der Waals surface area contributed by atoms with Crippen LogP contribution >= 0.6 is 0 Å². The summed E-state index contributed by atoms with van der Waals surface area (Å²) < 4.78 is 4.10. The van der Waals surface area contributed by atoms with Crippen LogP contribution in [0.3, 0.4) is 0 Å². The first-order valence-corrected chi connectivity index (χ1v) is 11.4. The third-order valence-electron chi connectivity index (χ3n) is 6.58. The molecule has 1 aromatic carbocycles. The maximum atomic E-state index is 13.8. The number of amides is 1. The molecule has 0 spiro atoms. The SMILES string of the molecule is Cc1cc(C(=O)N2CCCC(c3nc4ccccc4n3C)C2)c2c(C)nn(C(C)C)c2n1. The number of piperidine rings is 1. The summed E-state index contributed by atoms with van der Waals surface area (Å²) in [6.07, 6.45) is 2.01. The molecule has 1 aliphatic rings. The van der Waals surface area contributed by atoms with Crippen molar-refractivity contribution in [2.75, 3.05) is 13.1 Å². The van der Waals surface area contributed by atoms with E-state index in [1.807, 2.05) is 41.6 Å². The molecule has 7 heteroatoms. The number of nitrogens with zero attached hydrogens (tertiary/aromatic N) is 6. The summed E-state index contributed by atoms with van der Waals surface area (Å²) in [6.45, 7) is 9.53. The number of aromatic nitrogens is 5. The van der Waals surface area contributed by atoms with Crippen LogP contribution in [0.5, 0.6) is 0 Å². The molecular weight excluding hydrogens is 400 g/mol. The van der Waals surface area contributed by atoms with Gasteiger partial charge in [-0.1, -0.05) is 12.1 Å². The minimum absolute atomic E-state index is 0.0652. The maximum absolute atomic E-state index is 13.8. The van der Waals surface area contributed by atoms with Crippen LogP contribution in [0.15, 0.2) is 30.3 Å². The van der Waals surface area contributed by atoms with Gasteiger partial charge in [-0.3, -0.25) is 4.79 Å². The molecule has 1 amide bonds. The summed E-state index contributed by atoms with van der Waals surface area (Å²) in [5.74, 6) is 1.35. The topological polar surface area (TPSA) is 68.8 Å². The van der Waals surface area contributed by atoms with Crippen molar-refractivity contribution >= 4 is 28.0 Å². The Morgan fingerprint density at radius 3 is 2.69 bits per heavy atom. The number of imidazole rings is 1. The number of carbonyl (C=O) groups is 1. The van der Waals surface area contributed by atoms with Gasteiger partial charge in [-0.05, 0) is 58.7 Å². The first kappa shape index (κ1) is 20.7. The smallest absolute Gasteiger partial charge is 0.254 e. The summed E-state index contributed by atoms with van der Waals surface area (Å²) >= 11 is 0.